The van der Waals surface area contributed by atoms with E-state index in [0.29, 0.717) is 21.7 Å². The Labute approximate surface area is 95.1 Å². The Morgan fingerprint density at radius 2 is 2.07 bits per heavy atom. The second-order valence-corrected chi connectivity index (χ2v) is 4.68. The topological polar surface area (TPSA) is 17.1 Å². The monoisotopic (exact) mass is 240 g/mol. The van der Waals surface area contributed by atoms with Gasteiger partial charge < -0.3 is 0 Å². The molecule has 0 saturated carbocycles. The van der Waals surface area contributed by atoms with Crippen molar-refractivity contribution in [1.29, 1.82) is 0 Å². The smallest absolute Gasteiger partial charge is 0.150 e. The molecule has 1 aromatic carbocycles. The average Bonchev–Trinajstić information content (AvgIpc) is 2.65. The van der Waals surface area contributed by atoms with Crippen LogP contribution in [0.25, 0.3) is 10.4 Å². The van der Waals surface area contributed by atoms with E-state index in [1.807, 2.05) is 0 Å². The maximum atomic E-state index is 13.4. The highest BCUT2D eigenvalue weighted by Crippen LogP contribution is 2.32. The van der Waals surface area contributed by atoms with Gasteiger partial charge in [-0.3, -0.25) is 4.79 Å². The third-order valence-corrected chi connectivity index (χ3v) is 3.23. The van der Waals surface area contributed by atoms with Gasteiger partial charge in [-0.05, 0) is 30.3 Å². The Morgan fingerprint density at radius 3 is 2.67 bits per heavy atom. The number of rotatable bonds is 2. The van der Waals surface area contributed by atoms with Crippen LogP contribution in [0.2, 0.25) is 4.34 Å². The molecule has 0 radical (unpaired) electrons. The van der Waals surface area contributed by atoms with Gasteiger partial charge in [0, 0.05) is 16.0 Å². The minimum Gasteiger partial charge on any atom is -0.298 e. The molecule has 15 heavy (non-hydrogen) atoms. The van der Waals surface area contributed by atoms with E-state index < -0.39 is 0 Å². The van der Waals surface area contributed by atoms with Gasteiger partial charge in [0.25, 0.3) is 0 Å². The minimum absolute atomic E-state index is 0.348. The molecule has 0 saturated heterocycles. The van der Waals surface area contributed by atoms with Crippen LogP contribution in [0.4, 0.5) is 4.39 Å². The predicted molar refractivity (Wildman–Crippen MR) is 60.1 cm³/mol. The molecule has 0 spiro atoms. The van der Waals surface area contributed by atoms with Crippen molar-refractivity contribution in [1.82, 2.24) is 0 Å². The van der Waals surface area contributed by atoms with Crippen LogP contribution in [0, 0.1) is 5.82 Å². The first-order chi connectivity index (χ1) is 7.20. The number of thiophene rings is 1. The highest BCUT2D eigenvalue weighted by Gasteiger charge is 2.08. The maximum Gasteiger partial charge on any atom is 0.150 e. The molecule has 0 bridgehead atoms. The molecule has 1 heterocycles. The Hall–Kier alpha value is -1.19. The van der Waals surface area contributed by atoms with Crippen molar-refractivity contribution < 1.29 is 9.18 Å². The second kappa shape index (κ2) is 4.13. The van der Waals surface area contributed by atoms with Gasteiger partial charge >= 0.3 is 0 Å². The second-order valence-electron chi connectivity index (χ2n) is 2.96. The SMILES string of the molecule is O=Cc1ccc(F)c(-c2ccc(Cl)s2)c1. The van der Waals surface area contributed by atoms with Crippen LogP contribution in [0.15, 0.2) is 30.3 Å². The number of aldehydes is 1. The van der Waals surface area contributed by atoms with Crippen molar-refractivity contribution >= 4 is 29.2 Å². The van der Waals surface area contributed by atoms with E-state index in [1.165, 1.54) is 29.5 Å². The third kappa shape index (κ3) is 2.08. The molecule has 1 aromatic heterocycles. The first kappa shape index (κ1) is 10.3. The molecule has 0 aliphatic heterocycles. The van der Waals surface area contributed by atoms with E-state index in [9.17, 15) is 9.18 Å². The molecule has 2 aromatic rings. The summed E-state index contributed by atoms with van der Waals surface area (Å²) in [6.07, 6.45) is 0.693. The largest absolute Gasteiger partial charge is 0.298 e. The lowest BCUT2D eigenvalue weighted by Crippen LogP contribution is -1.85. The lowest BCUT2D eigenvalue weighted by molar-refractivity contribution is 0.112. The molecular formula is C11H6ClFOS. The van der Waals surface area contributed by atoms with Crippen LogP contribution < -0.4 is 0 Å². The maximum absolute atomic E-state index is 13.4. The van der Waals surface area contributed by atoms with E-state index in [4.69, 9.17) is 11.6 Å². The van der Waals surface area contributed by atoms with Crippen LogP contribution in [-0.4, -0.2) is 6.29 Å². The highest BCUT2D eigenvalue weighted by molar-refractivity contribution is 7.19. The number of halogens is 2. The van der Waals surface area contributed by atoms with Crippen LogP contribution in [-0.2, 0) is 0 Å². The van der Waals surface area contributed by atoms with Gasteiger partial charge in [-0.15, -0.1) is 11.3 Å². The highest BCUT2D eigenvalue weighted by atomic mass is 35.5. The van der Waals surface area contributed by atoms with Crippen molar-refractivity contribution in [2.45, 2.75) is 0 Å². The van der Waals surface area contributed by atoms with Gasteiger partial charge in [-0.1, -0.05) is 11.6 Å². The fourth-order valence-corrected chi connectivity index (χ4v) is 2.33. The molecule has 76 valence electrons. The van der Waals surface area contributed by atoms with Gasteiger partial charge in [0.05, 0.1) is 4.34 Å². The van der Waals surface area contributed by atoms with Crippen LogP contribution in [0.1, 0.15) is 10.4 Å². The summed E-state index contributed by atoms with van der Waals surface area (Å²) in [5.74, 6) is -0.348. The fraction of sp³-hybridized carbons (Fsp3) is 0. The van der Waals surface area contributed by atoms with E-state index >= 15 is 0 Å². The van der Waals surface area contributed by atoms with Crippen LogP contribution >= 0.6 is 22.9 Å². The summed E-state index contributed by atoms with van der Waals surface area (Å²) in [7, 11) is 0. The summed E-state index contributed by atoms with van der Waals surface area (Å²) in [5, 5.41) is 0. The van der Waals surface area contributed by atoms with Crippen molar-refractivity contribution in [3.63, 3.8) is 0 Å². The molecular weight excluding hydrogens is 235 g/mol. The molecule has 0 atom stereocenters. The molecule has 0 N–H and O–H groups in total. The van der Waals surface area contributed by atoms with Gasteiger partial charge in [0.2, 0.25) is 0 Å². The fourth-order valence-electron chi connectivity index (χ4n) is 1.26. The zero-order valence-corrected chi connectivity index (χ0v) is 9.11. The lowest BCUT2D eigenvalue weighted by atomic mass is 10.1. The van der Waals surface area contributed by atoms with Crippen molar-refractivity contribution in [2.75, 3.05) is 0 Å². The minimum atomic E-state index is -0.348. The third-order valence-electron chi connectivity index (χ3n) is 1.97. The zero-order chi connectivity index (χ0) is 10.8. The zero-order valence-electron chi connectivity index (χ0n) is 7.54. The van der Waals surface area contributed by atoms with Crippen molar-refractivity contribution in [3.05, 3.63) is 46.0 Å². The molecule has 0 aliphatic rings. The van der Waals surface area contributed by atoms with Gasteiger partial charge in [0.1, 0.15) is 12.1 Å². The normalized spacial score (nSPS) is 10.3. The van der Waals surface area contributed by atoms with Crippen molar-refractivity contribution in [2.24, 2.45) is 0 Å². The molecule has 0 unspecified atom stereocenters. The van der Waals surface area contributed by atoms with Gasteiger partial charge in [-0.2, -0.15) is 0 Å². The quantitative estimate of drug-likeness (QED) is 0.725. The number of hydrogen-bond donors (Lipinski definition) is 0. The average molecular weight is 241 g/mol. The Bertz CT molecular complexity index is 507. The summed E-state index contributed by atoms with van der Waals surface area (Å²) >= 11 is 7.05. The van der Waals surface area contributed by atoms with E-state index in [-0.39, 0.29) is 5.82 Å². The van der Waals surface area contributed by atoms with Crippen LogP contribution in [0.3, 0.4) is 0 Å². The Morgan fingerprint density at radius 1 is 1.27 bits per heavy atom. The number of carbonyl (C=O) groups excluding carboxylic acids is 1. The van der Waals surface area contributed by atoms with Gasteiger partial charge in [0.15, 0.2) is 0 Å². The van der Waals surface area contributed by atoms with E-state index in [0.717, 1.165) is 4.88 Å². The van der Waals surface area contributed by atoms with Gasteiger partial charge in [-0.25, -0.2) is 4.39 Å². The van der Waals surface area contributed by atoms with E-state index in [2.05, 4.69) is 0 Å². The summed E-state index contributed by atoms with van der Waals surface area (Å²) in [6.45, 7) is 0. The summed E-state index contributed by atoms with van der Waals surface area (Å²) in [4.78, 5) is 11.3. The van der Waals surface area contributed by atoms with Crippen molar-refractivity contribution in [3.8, 4) is 10.4 Å². The number of hydrogen-bond acceptors (Lipinski definition) is 2. The first-order valence-corrected chi connectivity index (χ1v) is 5.40. The molecule has 1 nitrogen and oxygen atoms in total. The molecule has 0 fully saturated rings. The first-order valence-electron chi connectivity index (χ1n) is 4.21. The molecule has 4 heteroatoms. The number of carbonyl (C=O) groups is 1. The molecule has 0 aliphatic carbocycles. The lowest BCUT2D eigenvalue weighted by Gasteiger charge is -2.00. The summed E-state index contributed by atoms with van der Waals surface area (Å²) in [6, 6.07) is 7.69. The molecule has 0 amide bonds. The summed E-state index contributed by atoms with van der Waals surface area (Å²) in [5.41, 5.74) is 0.868. The Balaban J connectivity index is 2.55. The number of benzene rings is 1. The predicted octanol–water partition coefficient (Wildman–Crippen LogP) is 4.02. The molecule has 2 rings (SSSR count). The van der Waals surface area contributed by atoms with Crippen LogP contribution in [0.5, 0.6) is 0 Å². The van der Waals surface area contributed by atoms with E-state index in [1.54, 1.807) is 12.1 Å². The Kier molecular flexibility index (Phi) is 2.84. The summed E-state index contributed by atoms with van der Waals surface area (Å²) < 4.78 is 14.0. The standard InChI is InChI=1S/C11H6ClFOS/c12-11-4-3-10(15-11)8-5-7(6-14)1-2-9(8)13/h1-6H.